The highest BCUT2D eigenvalue weighted by atomic mass is 16.6. The van der Waals surface area contributed by atoms with Crippen molar-refractivity contribution in [1.82, 2.24) is 10.9 Å². The Labute approximate surface area is 102 Å². The number of carbonyl (C=O) groups excluding carboxylic acids is 2. The fourth-order valence-electron chi connectivity index (χ4n) is 1.17. The first-order valence-electron chi connectivity index (χ1n) is 5.95. The minimum absolute atomic E-state index is 0.326. The lowest BCUT2D eigenvalue weighted by atomic mass is 10.0. The second-order valence-corrected chi connectivity index (χ2v) is 4.34. The molecule has 0 aromatic rings. The first-order chi connectivity index (χ1) is 7.97. The third kappa shape index (κ3) is 8.50. The van der Waals surface area contributed by atoms with Crippen LogP contribution in [0.4, 0.5) is 4.79 Å². The molecule has 100 valence electrons. The molecule has 0 rings (SSSR count). The number of ether oxygens (including phenoxy) is 1. The van der Waals surface area contributed by atoms with Crippen molar-refractivity contribution in [2.75, 3.05) is 6.61 Å². The van der Waals surface area contributed by atoms with Crippen LogP contribution in [0.5, 0.6) is 0 Å². The Hall–Kier alpha value is -1.30. The average Bonchev–Trinajstić information content (AvgIpc) is 2.25. The van der Waals surface area contributed by atoms with E-state index in [1.807, 2.05) is 20.8 Å². The van der Waals surface area contributed by atoms with E-state index in [0.717, 1.165) is 12.8 Å². The maximum absolute atomic E-state index is 11.4. The molecule has 0 aromatic carbocycles. The Kier molecular flexibility index (Phi) is 8.13. The Morgan fingerprint density at radius 2 is 1.94 bits per heavy atom. The summed E-state index contributed by atoms with van der Waals surface area (Å²) in [6.45, 7) is 6.28. The lowest BCUT2D eigenvalue weighted by Crippen LogP contribution is -2.49. The van der Waals surface area contributed by atoms with Gasteiger partial charge in [-0.15, -0.1) is 0 Å². The second-order valence-electron chi connectivity index (χ2n) is 4.34. The zero-order chi connectivity index (χ0) is 13.3. The molecule has 0 saturated carbocycles. The zero-order valence-electron chi connectivity index (χ0n) is 10.8. The van der Waals surface area contributed by atoms with E-state index in [1.54, 1.807) is 0 Å². The third-order valence-corrected chi connectivity index (χ3v) is 2.08. The standard InChI is InChI=1S/C11H23N3O3/c1-4-5-6-17-11(16)14-13-10(15)9(12)7-8(2)3/h8-9H,4-7,12H2,1-3H3,(H,13,15)(H,14,16)/t9-/m0/s1. The number of unbranched alkanes of at least 4 members (excludes halogenated alkanes) is 1. The third-order valence-electron chi connectivity index (χ3n) is 2.08. The van der Waals surface area contributed by atoms with Crippen LogP contribution >= 0.6 is 0 Å². The molecular weight excluding hydrogens is 222 g/mol. The van der Waals surface area contributed by atoms with Crippen molar-refractivity contribution in [2.24, 2.45) is 11.7 Å². The molecule has 0 aliphatic rings. The molecule has 0 aromatic heterocycles. The van der Waals surface area contributed by atoms with Crippen LogP contribution in [0.1, 0.15) is 40.0 Å². The van der Waals surface area contributed by atoms with Crippen molar-refractivity contribution in [3.63, 3.8) is 0 Å². The maximum Gasteiger partial charge on any atom is 0.426 e. The molecule has 0 fully saturated rings. The molecular formula is C11H23N3O3. The van der Waals surface area contributed by atoms with E-state index in [1.165, 1.54) is 0 Å². The largest absolute Gasteiger partial charge is 0.448 e. The Morgan fingerprint density at radius 1 is 1.29 bits per heavy atom. The van der Waals surface area contributed by atoms with Crippen LogP contribution in [0.2, 0.25) is 0 Å². The lowest BCUT2D eigenvalue weighted by molar-refractivity contribution is -0.123. The molecule has 0 saturated heterocycles. The summed E-state index contributed by atoms with van der Waals surface area (Å²) >= 11 is 0. The van der Waals surface area contributed by atoms with Gasteiger partial charge >= 0.3 is 6.09 Å². The van der Waals surface area contributed by atoms with Crippen molar-refractivity contribution < 1.29 is 14.3 Å². The highest BCUT2D eigenvalue weighted by Gasteiger charge is 2.15. The number of hydrogen-bond acceptors (Lipinski definition) is 4. The smallest absolute Gasteiger partial charge is 0.426 e. The normalized spacial score (nSPS) is 12.1. The van der Waals surface area contributed by atoms with Crippen LogP contribution in [0.3, 0.4) is 0 Å². The molecule has 0 heterocycles. The van der Waals surface area contributed by atoms with Gasteiger partial charge in [0.1, 0.15) is 0 Å². The number of nitrogens with two attached hydrogens (primary N) is 1. The first-order valence-corrected chi connectivity index (χ1v) is 5.95. The molecule has 17 heavy (non-hydrogen) atoms. The predicted octanol–water partition coefficient (Wildman–Crippen LogP) is 0.917. The van der Waals surface area contributed by atoms with E-state index in [4.69, 9.17) is 10.5 Å². The Bertz CT molecular complexity index is 244. The Balaban J connectivity index is 3.71. The number of hydrogen-bond donors (Lipinski definition) is 3. The van der Waals surface area contributed by atoms with Crippen LogP contribution in [-0.2, 0) is 9.53 Å². The minimum Gasteiger partial charge on any atom is -0.448 e. The summed E-state index contributed by atoms with van der Waals surface area (Å²) in [6, 6.07) is -0.619. The SMILES string of the molecule is CCCCOC(=O)NNC(=O)[C@@H](N)CC(C)C. The van der Waals surface area contributed by atoms with Gasteiger partial charge in [0.2, 0.25) is 0 Å². The Morgan fingerprint density at radius 3 is 2.47 bits per heavy atom. The average molecular weight is 245 g/mol. The molecule has 0 aliphatic carbocycles. The summed E-state index contributed by atoms with van der Waals surface area (Å²) in [5.41, 5.74) is 10.0. The van der Waals surface area contributed by atoms with E-state index >= 15 is 0 Å². The van der Waals surface area contributed by atoms with Crippen LogP contribution in [0, 0.1) is 5.92 Å². The van der Waals surface area contributed by atoms with E-state index < -0.39 is 18.0 Å². The summed E-state index contributed by atoms with van der Waals surface area (Å²) in [5, 5.41) is 0. The van der Waals surface area contributed by atoms with Crippen molar-refractivity contribution in [2.45, 2.75) is 46.1 Å². The molecule has 2 amide bonds. The lowest BCUT2D eigenvalue weighted by Gasteiger charge is -2.14. The molecule has 4 N–H and O–H groups in total. The number of amides is 2. The fraction of sp³-hybridized carbons (Fsp3) is 0.818. The van der Waals surface area contributed by atoms with E-state index in [0.29, 0.717) is 18.9 Å². The van der Waals surface area contributed by atoms with Crippen LogP contribution < -0.4 is 16.6 Å². The molecule has 0 radical (unpaired) electrons. The van der Waals surface area contributed by atoms with Gasteiger partial charge in [-0.25, -0.2) is 10.2 Å². The van der Waals surface area contributed by atoms with Gasteiger partial charge in [0, 0.05) is 0 Å². The summed E-state index contributed by atoms with van der Waals surface area (Å²) < 4.78 is 4.79. The quantitative estimate of drug-likeness (QED) is 0.479. The van der Waals surface area contributed by atoms with Gasteiger partial charge in [0.25, 0.3) is 5.91 Å². The molecule has 0 aliphatic heterocycles. The molecule has 6 nitrogen and oxygen atoms in total. The van der Waals surface area contributed by atoms with Crippen LogP contribution in [-0.4, -0.2) is 24.6 Å². The molecule has 0 spiro atoms. The van der Waals surface area contributed by atoms with E-state index in [2.05, 4.69) is 10.9 Å². The second kappa shape index (κ2) is 8.81. The van der Waals surface area contributed by atoms with E-state index in [9.17, 15) is 9.59 Å². The van der Waals surface area contributed by atoms with Crippen molar-refractivity contribution >= 4 is 12.0 Å². The van der Waals surface area contributed by atoms with Gasteiger partial charge in [0.15, 0.2) is 0 Å². The summed E-state index contributed by atoms with van der Waals surface area (Å²) in [6.07, 6.45) is 1.65. The zero-order valence-corrected chi connectivity index (χ0v) is 10.8. The summed E-state index contributed by atoms with van der Waals surface area (Å²) in [4.78, 5) is 22.5. The number of nitrogens with one attached hydrogen (secondary N) is 2. The van der Waals surface area contributed by atoms with Gasteiger partial charge in [-0.1, -0.05) is 27.2 Å². The van der Waals surface area contributed by atoms with Crippen molar-refractivity contribution in [3.8, 4) is 0 Å². The highest BCUT2D eigenvalue weighted by molar-refractivity contribution is 5.83. The summed E-state index contributed by atoms with van der Waals surface area (Å²) in [7, 11) is 0. The van der Waals surface area contributed by atoms with E-state index in [-0.39, 0.29) is 0 Å². The first kappa shape index (κ1) is 15.7. The van der Waals surface area contributed by atoms with Crippen LogP contribution in [0.25, 0.3) is 0 Å². The van der Waals surface area contributed by atoms with Crippen molar-refractivity contribution in [1.29, 1.82) is 0 Å². The van der Waals surface area contributed by atoms with Gasteiger partial charge in [-0.3, -0.25) is 10.2 Å². The minimum atomic E-state index is -0.663. The monoisotopic (exact) mass is 245 g/mol. The van der Waals surface area contributed by atoms with Gasteiger partial charge in [0.05, 0.1) is 12.6 Å². The number of rotatable bonds is 6. The maximum atomic E-state index is 11.4. The van der Waals surface area contributed by atoms with Crippen LogP contribution in [0.15, 0.2) is 0 Å². The fourth-order valence-corrected chi connectivity index (χ4v) is 1.17. The summed E-state index contributed by atoms with van der Waals surface area (Å²) in [5.74, 6) is -0.0848. The van der Waals surface area contributed by atoms with Crippen molar-refractivity contribution in [3.05, 3.63) is 0 Å². The number of carbonyl (C=O) groups is 2. The predicted molar refractivity (Wildman–Crippen MR) is 65.0 cm³/mol. The van der Waals surface area contributed by atoms with Gasteiger partial charge < -0.3 is 10.5 Å². The molecule has 1 atom stereocenters. The topological polar surface area (TPSA) is 93.5 Å². The van der Waals surface area contributed by atoms with Gasteiger partial charge in [-0.05, 0) is 18.8 Å². The molecule has 0 bridgehead atoms. The number of hydrazine groups is 1. The molecule has 6 heteroatoms. The van der Waals surface area contributed by atoms with Gasteiger partial charge in [-0.2, -0.15) is 0 Å². The molecule has 0 unspecified atom stereocenters. The highest BCUT2D eigenvalue weighted by Crippen LogP contribution is 2.01.